The normalized spacial score (nSPS) is 14.7. The number of carbonyl (C=O) groups excluding carboxylic acids is 4. The van der Waals surface area contributed by atoms with E-state index in [0.717, 1.165) is 128 Å². The van der Waals surface area contributed by atoms with Crippen molar-refractivity contribution in [3.63, 3.8) is 0 Å². The number of phosphoric ester groups is 2. The van der Waals surface area contributed by atoms with E-state index in [1.165, 1.54) is 83.5 Å². The molecule has 17 nitrogen and oxygen atoms in total. The number of phosphoric acid groups is 2. The quantitative estimate of drug-likeness (QED) is 0.0169. The van der Waals surface area contributed by atoms with E-state index >= 15 is 0 Å². The zero-order chi connectivity index (χ0) is 80.3. The molecule has 0 saturated heterocycles. The lowest BCUT2D eigenvalue weighted by molar-refractivity contribution is -0.161. The summed E-state index contributed by atoms with van der Waals surface area (Å²) in [6.07, 6.45) is 99.0. The molecule has 0 fully saturated rings. The van der Waals surface area contributed by atoms with Crippen molar-refractivity contribution in [2.45, 2.75) is 329 Å². The van der Waals surface area contributed by atoms with Crippen LogP contribution in [0.2, 0.25) is 0 Å². The predicted octanol–water partition coefficient (Wildman–Crippen LogP) is 25.1. The minimum atomic E-state index is -5.03. The lowest BCUT2D eigenvalue weighted by Gasteiger charge is -2.21. The summed E-state index contributed by atoms with van der Waals surface area (Å²) < 4.78 is 68.5. The van der Waals surface area contributed by atoms with Gasteiger partial charge in [0, 0.05) is 25.7 Å². The second-order valence-corrected chi connectivity index (χ2v) is 30.3. The van der Waals surface area contributed by atoms with E-state index in [4.69, 9.17) is 37.0 Å². The van der Waals surface area contributed by atoms with Gasteiger partial charge in [0.2, 0.25) is 0 Å². The molecule has 110 heavy (non-hydrogen) atoms. The molecule has 5 atom stereocenters. The van der Waals surface area contributed by atoms with Gasteiger partial charge >= 0.3 is 39.5 Å². The molecule has 0 spiro atoms. The molecule has 0 aliphatic heterocycles. The van der Waals surface area contributed by atoms with Crippen molar-refractivity contribution < 1.29 is 80.2 Å². The highest BCUT2D eigenvalue weighted by atomic mass is 31.2. The second-order valence-electron chi connectivity index (χ2n) is 27.3. The molecule has 0 aromatic rings. The van der Waals surface area contributed by atoms with E-state index in [-0.39, 0.29) is 25.7 Å². The summed E-state index contributed by atoms with van der Waals surface area (Å²) >= 11 is 0. The molecule has 0 heterocycles. The Hall–Kier alpha value is -5.84. The highest BCUT2D eigenvalue weighted by Crippen LogP contribution is 2.45. The van der Waals surface area contributed by atoms with Gasteiger partial charge in [-0.25, -0.2) is 9.13 Å². The number of allylic oxidation sites excluding steroid dienone is 30. The Morgan fingerprint density at radius 1 is 0.255 bits per heavy atom. The molecule has 0 saturated carbocycles. The van der Waals surface area contributed by atoms with Crippen LogP contribution in [0, 0.1) is 0 Å². The molecule has 0 rings (SSSR count). The molecule has 0 aliphatic rings. The maximum atomic E-state index is 13.1. The van der Waals surface area contributed by atoms with Crippen molar-refractivity contribution in [3.8, 4) is 0 Å². The van der Waals surface area contributed by atoms with Crippen molar-refractivity contribution >= 4 is 39.5 Å². The Morgan fingerprint density at radius 2 is 0.473 bits per heavy atom. The van der Waals surface area contributed by atoms with Crippen molar-refractivity contribution in [1.29, 1.82) is 0 Å². The molecule has 624 valence electrons. The number of carbonyl (C=O) groups is 4. The van der Waals surface area contributed by atoms with Crippen molar-refractivity contribution in [2.24, 2.45) is 0 Å². The van der Waals surface area contributed by atoms with Gasteiger partial charge in [0.1, 0.15) is 19.3 Å². The molecule has 0 aromatic heterocycles. The Bertz CT molecular complexity index is 2800. The third-order valence-electron chi connectivity index (χ3n) is 16.8. The average Bonchev–Trinajstić information content (AvgIpc) is 0.907. The first-order valence-electron chi connectivity index (χ1n) is 42.0. The number of hydrogen-bond acceptors (Lipinski definition) is 15. The summed E-state index contributed by atoms with van der Waals surface area (Å²) in [5.41, 5.74) is 0. The van der Waals surface area contributed by atoms with Gasteiger partial charge in [-0.1, -0.05) is 300 Å². The fraction of sp³-hybridized carbons (Fsp3) is 0.626. The van der Waals surface area contributed by atoms with Gasteiger partial charge in [0.15, 0.2) is 12.2 Å². The topological polar surface area (TPSA) is 237 Å². The van der Waals surface area contributed by atoms with Crippen LogP contribution >= 0.6 is 15.6 Å². The highest BCUT2D eigenvalue weighted by Gasteiger charge is 2.30. The van der Waals surface area contributed by atoms with Gasteiger partial charge in [-0.3, -0.25) is 37.3 Å². The van der Waals surface area contributed by atoms with E-state index in [2.05, 4.69) is 161 Å². The Morgan fingerprint density at radius 3 is 0.809 bits per heavy atom. The van der Waals surface area contributed by atoms with Crippen LogP contribution in [0.15, 0.2) is 182 Å². The van der Waals surface area contributed by atoms with Gasteiger partial charge in [0.25, 0.3) is 0 Å². The Balaban J connectivity index is 5.58. The van der Waals surface area contributed by atoms with E-state index in [1.807, 2.05) is 48.6 Å². The molecular formula is C91H148O17P2. The molecule has 0 aromatic carbocycles. The predicted molar refractivity (Wildman–Crippen MR) is 454 cm³/mol. The van der Waals surface area contributed by atoms with Gasteiger partial charge in [-0.15, -0.1) is 0 Å². The summed E-state index contributed by atoms with van der Waals surface area (Å²) in [5, 5.41) is 10.7. The second kappa shape index (κ2) is 81.2. The fourth-order valence-electron chi connectivity index (χ4n) is 10.4. The number of esters is 4. The van der Waals surface area contributed by atoms with E-state index in [9.17, 15) is 43.2 Å². The number of ether oxygens (including phenoxy) is 4. The molecule has 3 N–H and O–H groups in total. The summed E-state index contributed by atoms with van der Waals surface area (Å²) in [6.45, 7) is 4.53. The largest absolute Gasteiger partial charge is 0.472 e. The first-order chi connectivity index (χ1) is 53.7. The van der Waals surface area contributed by atoms with Gasteiger partial charge in [-0.2, -0.15) is 0 Å². The fourth-order valence-corrected chi connectivity index (χ4v) is 12.0. The van der Waals surface area contributed by atoms with Crippen LogP contribution in [0.5, 0.6) is 0 Å². The molecule has 0 radical (unpaired) electrons. The summed E-state index contributed by atoms with van der Waals surface area (Å²) in [6, 6.07) is 0. The van der Waals surface area contributed by atoms with Crippen molar-refractivity contribution in [3.05, 3.63) is 182 Å². The third kappa shape index (κ3) is 80.2. The first kappa shape index (κ1) is 104. The summed E-state index contributed by atoms with van der Waals surface area (Å²) in [5.74, 6) is -2.45. The lowest BCUT2D eigenvalue weighted by Crippen LogP contribution is -2.30. The molecule has 0 bridgehead atoms. The van der Waals surface area contributed by atoms with Gasteiger partial charge in [-0.05, 0) is 167 Å². The van der Waals surface area contributed by atoms with Crippen LogP contribution in [0.4, 0.5) is 0 Å². The minimum Gasteiger partial charge on any atom is -0.462 e. The Labute approximate surface area is 666 Å². The van der Waals surface area contributed by atoms with Gasteiger partial charge in [0.05, 0.1) is 26.4 Å². The van der Waals surface area contributed by atoms with Crippen molar-refractivity contribution in [2.75, 3.05) is 39.6 Å². The number of aliphatic hydroxyl groups excluding tert-OH is 1. The van der Waals surface area contributed by atoms with E-state index in [1.54, 1.807) is 0 Å². The third-order valence-corrected chi connectivity index (χ3v) is 18.7. The van der Waals surface area contributed by atoms with Crippen LogP contribution < -0.4 is 0 Å². The number of hydrogen-bond donors (Lipinski definition) is 3. The number of rotatable bonds is 77. The standard InChI is InChI=1S/C91H148O17P2/c1-5-9-13-17-21-25-29-33-37-40-42-45-48-52-56-60-64-68-72-76-89(94)102-82-87(108-91(96)78-74-70-66-62-58-54-50-46-43-41-38-34-30-26-22-18-14-10-6-2)84-106-110(99,100)104-80-85(92)79-103-109(97,98)105-83-86(81-101-88(93)75-71-67-63-59-55-51-47-36-32-28-24-20-16-12-8-4)107-90(95)77-73-69-65-61-57-53-49-44-39-35-31-27-23-19-15-11-7-3/h21-23,25-28,32-35,37-39,42-43,45-46,49,52-54,56,58,61,64-66,68,70,85-87,92H,5-20,24,29-31,36,40-41,44,47-48,50-51,55,57,59-60,62-63,67,69,71-84H2,1-4H3,(H,97,98)(H,99,100)/b25-21-,26-22-,27-23-,32-28-,37-33-,38-34-,39-35-,45-42-,46-43-,53-49-,56-52-,58-54-,65-61-,68-64-,70-66-/t85-,86+,87+/m0/s1. The van der Waals surface area contributed by atoms with Crippen LogP contribution in [0.1, 0.15) is 310 Å². The zero-order valence-corrected chi connectivity index (χ0v) is 70.1. The monoisotopic (exact) mass is 1580 g/mol. The number of unbranched alkanes of at least 4 members (excludes halogenated alkanes) is 21. The maximum Gasteiger partial charge on any atom is 0.472 e. The SMILES string of the molecule is CCCCC/C=C\C/C=C\C/C=C\C/C=C\C/C=C\CCC(=O)OC[C@H](COP(=O)(O)OC[C@@H](O)COP(=O)(O)OC[C@@H](COC(=O)CCCCCCCCC/C=C\CCCCCC)OC(=O)CCC/C=C\C/C=C\C/C=C\C/C=C\CCCCC)OC(=O)CC/C=C\C/C=C\C/C=C\C/C=C\C/C=C\CCCCC. The molecule has 19 heteroatoms. The van der Waals surface area contributed by atoms with E-state index in [0.29, 0.717) is 44.9 Å². The molecule has 2 unspecified atom stereocenters. The average molecular weight is 1580 g/mol. The van der Waals surface area contributed by atoms with Crippen molar-refractivity contribution in [1.82, 2.24) is 0 Å². The first-order valence-corrected chi connectivity index (χ1v) is 45.0. The molecule has 0 amide bonds. The summed E-state index contributed by atoms with van der Waals surface area (Å²) in [7, 11) is -10.0. The van der Waals surface area contributed by atoms with Crippen LogP contribution in [-0.4, -0.2) is 96.7 Å². The number of aliphatic hydroxyl groups is 1. The molecule has 0 aliphatic carbocycles. The van der Waals surface area contributed by atoms with Gasteiger partial charge < -0.3 is 33.8 Å². The lowest BCUT2D eigenvalue weighted by atomic mass is 10.1. The smallest absolute Gasteiger partial charge is 0.462 e. The van der Waals surface area contributed by atoms with Crippen LogP contribution in [-0.2, 0) is 65.4 Å². The minimum absolute atomic E-state index is 0.00891. The van der Waals surface area contributed by atoms with Crippen LogP contribution in [0.25, 0.3) is 0 Å². The van der Waals surface area contributed by atoms with Crippen LogP contribution in [0.3, 0.4) is 0 Å². The zero-order valence-electron chi connectivity index (χ0n) is 68.4. The Kier molecular flexibility index (Phi) is 76.9. The summed E-state index contributed by atoms with van der Waals surface area (Å²) in [4.78, 5) is 73.1. The molecular weight excluding hydrogens is 1430 g/mol. The van der Waals surface area contributed by atoms with E-state index < -0.39 is 97.5 Å². The maximum absolute atomic E-state index is 13.1. The highest BCUT2D eigenvalue weighted by molar-refractivity contribution is 7.47.